The third-order valence-electron chi connectivity index (χ3n) is 11.9. The molecule has 3 aliphatic rings. The number of rotatable bonds is 4. The van der Waals surface area contributed by atoms with Crippen LogP contribution in [0.25, 0.3) is 45.0 Å². The number of nitrogens with zero attached hydrogens (tertiary/aromatic N) is 1. The topological polar surface area (TPSA) is 27.0 Å². The van der Waals surface area contributed by atoms with Crippen LogP contribution in [-0.2, 0) is 10.8 Å². The first kappa shape index (κ1) is 30.7. The molecule has 10 rings (SSSR count). The van der Waals surface area contributed by atoms with E-state index in [9.17, 15) is 0 Å². The molecule has 52 heavy (non-hydrogen) atoms. The molecule has 3 atom stereocenters. The van der Waals surface area contributed by atoms with Gasteiger partial charge in [-0.2, -0.15) is 0 Å². The van der Waals surface area contributed by atoms with Crippen molar-refractivity contribution in [1.29, 1.82) is 0 Å². The van der Waals surface area contributed by atoms with E-state index in [0.717, 1.165) is 33.9 Å². The van der Waals surface area contributed by atoms with Crippen molar-refractivity contribution in [2.45, 2.75) is 30.6 Å². The van der Waals surface area contributed by atoms with Crippen LogP contribution in [0.5, 0.6) is 0 Å². The average molecular weight is 668 g/mol. The quantitative estimate of drug-likeness (QED) is 0.184. The van der Waals surface area contributed by atoms with Crippen molar-refractivity contribution in [3.05, 3.63) is 215 Å². The molecule has 6 aromatic carbocycles. The Bertz CT molecular complexity index is 2500. The standard InChI is InChI=1S/C50H38N2/c1-49(2)42-26-13-14-27-44(42)50(40-24-11-9-22-38(40)39-23-10-12-25-41(39)50)45-31-36(28-29-43(45)49)35-20-15-21-37(30-35)47-32-46(33-16-5-3-6-17-33)51-48(52-47)34-18-7-4-8-19-34/h3-32,38,40H,1-2H3/p+1. The lowest BCUT2D eigenvalue weighted by atomic mass is 9.53. The van der Waals surface area contributed by atoms with Gasteiger partial charge >= 0.3 is 5.82 Å². The molecule has 1 spiro atoms. The van der Waals surface area contributed by atoms with Gasteiger partial charge in [0.1, 0.15) is 5.69 Å². The number of hydrogen-bond acceptors (Lipinski definition) is 1. The van der Waals surface area contributed by atoms with Crippen LogP contribution in [0.4, 0.5) is 0 Å². The zero-order valence-corrected chi connectivity index (χ0v) is 29.4. The lowest BCUT2D eigenvalue weighted by molar-refractivity contribution is -0.355. The van der Waals surface area contributed by atoms with E-state index in [4.69, 9.17) is 4.98 Å². The van der Waals surface area contributed by atoms with E-state index in [0.29, 0.717) is 5.92 Å². The van der Waals surface area contributed by atoms with Gasteiger partial charge in [0.25, 0.3) is 0 Å². The van der Waals surface area contributed by atoms with Crippen molar-refractivity contribution < 1.29 is 4.98 Å². The van der Waals surface area contributed by atoms with Crippen LogP contribution < -0.4 is 4.98 Å². The highest BCUT2D eigenvalue weighted by Crippen LogP contribution is 2.64. The molecule has 1 N–H and O–H groups in total. The number of nitrogens with one attached hydrogen (secondary N) is 1. The van der Waals surface area contributed by atoms with E-state index in [1.54, 1.807) is 0 Å². The third kappa shape index (κ3) is 4.50. The molecule has 1 heterocycles. The summed E-state index contributed by atoms with van der Waals surface area (Å²) in [5.41, 5.74) is 15.8. The Morgan fingerprint density at radius 1 is 0.481 bits per heavy atom. The van der Waals surface area contributed by atoms with Crippen LogP contribution in [0.15, 0.2) is 182 Å². The zero-order valence-electron chi connectivity index (χ0n) is 29.4. The van der Waals surface area contributed by atoms with Crippen LogP contribution in [0.2, 0.25) is 0 Å². The molecule has 0 saturated heterocycles. The molecule has 248 valence electrons. The number of hydrogen-bond donors (Lipinski definition) is 0. The van der Waals surface area contributed by atoms with Gasteiger partial charge < -0.3 is 0 Å². The number of H-pyrrole nitrogens is 1. The maximum absolute atomic E-state index is 5.09. The van der Waals surface area contributed by atoms with Gasteiger partial charge in [0.05, 0.1) is 11.0 Å². The fourth-order valence-electron chi connectivity index (χ4n) is 9.54. The minimum Gasteiger partial charge on any atom is -0.236 e. The number of aromatic nitrogens is 2. The molecule has 0 radical (unpaired) electrons. The highest BCUT2D eigenvalue weighted by molar-refractivity contribution is 5.77. The average Bonchev–Trinajstić information content (AvgIpc) is 3.51. The summed E-state index contributed by atoms with van der Waals surface area (Å²) in [5.74, 6) is 1.46. The summed E-state index contributed by atoms with van der Waals surface area (Å²) in [6.45, 7) is 4.81. The maximum atomic E-state index is 5.09. The summed E-state index contributed by atoms with van der Waals surface area (Å²) < 4.78 is 0. The SMILES string of the molecule is CC1(C)c2ccccc2C2(c3ccccc3C3C=CC=CC32)c2cc(-c3cccc(-c4cc(-c5ccccc5)nc(-c5ccccc5)[nH+]4)c3)ccc21. The van der Waals surface area contributed by atoms with Crippen molar-refractivity contribution in [1.82, 2.24) is 4.98 Å². The predicted octanol–water partition coefficient (Wildman–Crippen LogP) is 11.4. The molecule has 0 saturated carbocycles. The summed E-state index contributed by atoms with van der Waals surface area (Å²) in [4.78, 5) is 8.78. The zero-order chi connectivity index (χ0) is 34.9. The van der Waals surface area contributed by atoms with Crippen molar-refractivity contribution in [3.8, 4) is 45.0 Å². The van der Waals surface area contributed by atoms with Gasteiger partial charge in [-0.3, -0.25) is 0 Å². The second-order valence-corrected chi connectivity index (χ2v) is 15.0. The van der Waals surface area contributed by atoms with Crippen LogP contribution >= 0.6 is 0 Å². The Morgan fingerprint density at radius 3 is 1.90 bits per heavy atom. The van der Waals surface area contributed by atoms with Crippen molar-refractivity contribution in [2.24, 2.45) is 5.92 Å². The summed E-state index contributed by atoms with van der Waals surface area (Å²) in [6, 6.07) is 57.7. The lowest BCUT2D eigenvalue weighted by Gasteiger charge is -2.49. The number of fused-ring (bicyclic) bond motifs is 9. The number of benzene rings is 6. The first-order valence-corrected chi connectivity index (χ1v) is 18.4. The van der Waals surface area contributed by atoms with Crippen LogP contribution in [0.1, 0.15) is 53.1 Å². The van der Waals surface area contributed by atoms with E-state index in [1.165, 1.54) is 44.5 Å². The van der Waals surface area contributed by atoms with E-state index in [2.05, 4.69) is 195 Å². The van der Waals surface area contributed by atoms with Gasteiger partial charge in [-0.05, 0) is 73.8 Å². The lowest BCUT2D eigenvalue weighted by Crippen LogP contribution is -2.44. The van der Waals surface area contributed by atoms with Crippen molar-refractivity contribution >= 4 is 0 Å². The molecule has 0 amide bonds. The molecule has 3 unspecified atom stereocenters. The minimum atomic E-state index is -0.300. The monoisotopic (exact) mass is 667 g/mol. The Hall–Kier alpha value is -6.12. The summed E-state index contributed by atoms with van der Waals surface area (Å²) in [6.07, 6.45) is 9.40. The van der Waals surface area contributed by atoms with Gasteiger partial charge in [0.2, 0.25) is 0 Å². The molecule has 2 nitrogen and oxygen atoms in total. The highest BCUT2D eigenvalue weighted by Gasteiger charge is 2.57. The first-order chi connectivity index (χ1) is 25.5. The Kier molecular flexibility index (Phi) is 6.91. The Balaban J connectivity index is 1.17. The fourth-order valence-corrected chi connectivity index (χ4v) is 9.54. The van der Waals surface area contributed by atoms with E-state index >= 15 is 0 Å². The van der Waals surface area contributed by atoms with Crippen LogP contribution in [-0.4, -0.2) is 4.98 Å². The van der Waals surface area contributed by atoms with Crippen LogP contribution in [0, 0.1) is 5.92 Å². The summed E-state index contributed by atoms with van der Waals surface area (Å²) in [5, 5.41) is 0. The highest BCUT2D eigenvalue weighted by atomic mass is 14.9. The summed E-state index contributed by atoms with van der Waals surface area (Å²) in [7, 11) is 0. The minimum absolute atomic E-state index is 0.146. The molecular weight excluding hydrogens is 629 g/mol. The fraction of sp³-hybridized carbons (Fsp3) is 0.120. The molecule has 2 heteroatoms. The molecule has 0 fully saturated rings. The van der Waals surface area contributed by atoms with Gasteiger partial charge in [-0.1, -0.05) is 166 Å². The second kappa shape index (κ2) is 11.7. The van der Waals surface area contributed by atoms with Gasteiger partial charge in [0.15, 0.2) is 5.69 Å². The molecule has 7 aromatic rings. The van der Waals surface area contributed by atoms with Crippen molar-refractivity contribution in [2.75, 3.05) is 0 Å². The first-order valence-electron chi connectivity index (χ1n) is 18.4. The molecule has 3 aliphatic carbocycles. The van der Waals surface area contributed by atoms with Gasteiger partial charge in [-0.25, -0.2) is 4.98 Å². The maximum Gasteiger partial charge on any atom is 0.329 e. The number of allylic oxidation sites excluding steroid dienone is 4. The third-order valence-corrected chi connectivity index (χ3v) is 11.9. The smallest absolute Gasteiger partial charge is 0.236 e. The summed E-state index contributed by atoms with van der Waals surface area (Å²) >= 11 is 0. The van der Waals surface area contributed by atoms with Gasteiger partial charge in [0, 0.05) is 34.4 Å². The Labute approximate surface area is 305 Å². The Morgan fingerprint density at radius 2 is 1.10 bits per heavy atom. The molecule has 0 aliphatic heterocycles. The largest absolute Gasteiger partial charge is 0.329 e. The van der Waals surface area contributed by atoms with Crippen molar-refractivity contribution in [3.63, 3.8) is 0 Å². The van der Waals surface area contributed by atoms with Crippen LogP contribution in [0.3, 0.4) is 0 Å². The molecular formula is C50H39N2+. The number of aromatic amines is 1. The van der Waals surface area contributed by atoms with E-state index in [1.807, 2.05) is 6.07 Å². The van der Waals surface area contributed by atoms with Gasteiger partial charge in [-0.15, -0.1) is 0 Å². The van der Waals surface area contributed by atoms with E-state index in [-0.39, 0.29) is 16.7 Å². The van der Waals surface area contributed by atoms with E-state index < -0.39 is 0 Å². The molecule has 0 bridgehead atoms. The normalized spacial score (nSPS) is 20.2. The predicted molar refractivity (Wildman–Crippen MR) is 212 cm³/mol. The molecule has 1 aromatic heterocycles. The second-order valence-electron chi connectivity index (χ2n) is 15.0.